The van der Waals surface area contributed by atoms with Gasteiger partial charge in [0.25, 0.3) is 0 Å². The summed E-state index contributed by atoms with van der Waals surface area (Å²) in [5, 5.41) is 9.63. The summed E-state index contributed by atoms with van der Waals surface area (Å²) in [7, 11) is 0. The quantitative estimate of drug-likeness (QED) is 0.740. The lowest BCUT2D eigenvalue weighted by molar-refractivity contribution is 0.0318. The maximum absolute atomic E-state index is 9.63. The first-order valence-electron chi connectivity index (χ1n) is 6.30. The van der Waals surface area contributed by atoms with Crippen LogP contribution in [0, 0.1) is 5.92 Å². The zero-order valence-corrected chi connectivity index (χ0v) is 10.4. The van der Waals surface area contributed by atoms with Crippen LogP contribution in [0.15, 0.2) is 0 Å². The van der Waals surface area contributed by atoms with Crippen LogP contribution in [0.2, 0.25) is 0 Å². The fourth-order valence-corrected chi connectivity index (χ4v) is 2.25. The Balaban J connectivity index is 2.22. The molecule has 90 valence electrons. The van der Waals surface area contributed by atoms with E-state index in [-0.39, 0.29) is 6.10 Å². The van der Waals surface area contributed by atoms with Crippen LogP contribution in [0.5, 0.6) is 0 Å². The van der Waals surface area contributed by atoms with Crippen molar-refractivity contribution in [2.75, 3.05) is 39.3 Å². The summed E-state index contributed by atoms with van der Waals surface area (Å²) in [5.41, 5.74) is 0. The highest BCUT2D eigenvalue weighted by atomic mass is 16.3. The van der Waals surface area contributed by atoms with Crippen LogP contribution < -0.4 is 0 Å². The molecule has 1 heterocycles. The van der Waals surface area contributed by atoms with Crippen molar-refractivity contribution < 1.29 is 5.11 Å². The molecule has 2 unspecified atom stereocenters. The minimum atomic E-state index is -0.0743. The van der Waals surface area contributed by atoms with E-state index in [0.717, 1.165) is 45.7 Å². The number of nitrogens with zero attached hydrogens (tertiary/aromatic N) is 2. The Morgan fingerprint density at radius 1 is 1.33 bits per heavy atom. The van der Waals surface area contributed by atoms with Crippen LogP contribution in [0.4, 0.5) is 0 Å². The second-order valence-corrected chi connectivity index (χ2v) is 4.66. The van der Waals surface area contributed by atoms with Gasteiger partial charge in [0.1, 0.15) is 0 Å². The Morgan fingerprint density at radius 3 is 2.53 bits per heavy atom. The predicted octanol–water partition coefficient (Wildman–Crippen LogP) is 1.03. The molecule has 1 aliphatic heterocycles. The van der Waals surface area contributed by atoms with Crippen molar-refractivity contribution in [3.63, 3.8) is 0 Å². The molecule has 0 aromatic rings. The smallest absolute Gasteiger partial charge is 0.0590 e. The Bertz CT molecular complexity index is 171. The Morgan fingerprint density at radius 2 is 2.00 bits per heavy atom. The van der Waals surface area contributed by atoms with Crippen molar-refractivity contribution in [3.8, 4) is 0 Å². The van der Waals surface area contributed by atoms with Gasteiger partial charge in [0.05, 0.1) is 6.10 Å². The molecular weight excluding hydrogens is 188 g/mol. The molecule has 3 heteroatoms. The third-order valence-electron chi connectivity index (χ3n) is 3.57. The number of piperidine rings is 1. The van der Waals surface area contributed by atoms with Crippen LogP contribution in [0.3, 0.4) is 0 Å². The van der Waals surface area contributed by atoms with Gasteiger partial charge in [0, 0.05) is 26.2 Å². The average molecular weight is 214 g/mol. The largest absolute Gasteiger partial charge is 0.393 e. The van der Waals surface area contributed by atoms with Crippen molar-refractivity contribution in [1.29, 1.82) is 0 Å². The van der Waals surface area contributed by atoms with E-state index in [1.807, 2.05) is 0 Å². The molecule has 0 aliphatic carbocycles. The number of hydrogen-bond donors (Lipinski definition) is 1. The summed E-state index contributed by atoms with van der Waals surface area (Å²) < 4.78 is 0. The van der Waals surface area contributed by atoms with Gasteiger partial charge in [-0.05, 0) is 25.4 Å². The van der Waals surface area contributed by atoms with Crippen LogP contribution in [0.25, 0.3) is 0 Å². The monoisotopic (exact) mass is 214 g/mol. The molecule has 0 radical (unpaired) electrons. The molecule has 0 aromatic carbocycles. The van der Waals surface area contributed by atoms with Gasteiger partial charge >= 0.3 is 0 Å². The molecule has 1 fully saturated rings. The maximum atomic E-state index is 9.63. The van der Waals surface area contributed by atoms with Gasteiger partial charge in [0.2, 0.25) is 0 Å². The fraction of sp³-hybridized carbons (Fsp3) is 1.00. The van der Waals surface area contributed by atoms with E-state index in [9.17, 15) is 5.11 Å². The van der Waals surface area contributed by atoms with Crippen molar-refractivity contribution in [2.24, 2.45) is 5.92 Å². The van der Waals surface area contributed by atoms with Crippen LogP contribution in [-0.4, -0.2) is 60.3 Å². The van der Waals surface area contributed by atoms with E-state index in [2.05, 4.69) is 30.6 Å². The second kappa shape index (κ2) is 6.46. The van der Waals surface area contributed by atoms with Gasteiger partial charge in [-0.1, -0.05) is 20.8 Å². The number of aliphatic hydroxyl groups is 1. The zero-order chi connectivity index (χ0) is 11.3. The minimum Gasteiger partial charge on any atom is -0.393 e. The maximum Gasteiger partial charge on any atom is 0.0590 e. The lowest BCUT2D eigenvalue weighted by Gasteiger charge is -2.35. The normalized spacial score (nSPS) is 28.6. The van der Waals surface area contributed by atoms with Crippen molar-refractivity contribution >= 4 is 0 Å². The van der Waals surface area contributed by atoms with Gasteiger partial charge in [-0.15, -0.1) is 0 Å². The van der Waals surface area contributed by atoms with E-state index in [4.69, 9.17) is 0 Å². The highest BCUT2D eigenvalue weighted by Gasteiger charge is 2.23. The first-order valence-corrected chi connectivity index (χ1v) is 6.30. The summed E-state index contributed by atoms with van der Waals surface area (Å²) in [6.45, 7) is 13.3. The van der Waals surface area contributed by atoms with Gasteiger partial charge in [-0.3, -0.25) is 0 Å². The SMILES string of the molecule is CCN(CC)CCN1CCC(O)C(C)C1. The topological polar surface area (TPSA) is 26.7 Å². The van der Waals surface area contributed by atoms with Crippen molar-refractivity contribution in [1.82, 2.24) is 9.80 Å². The second-order valence-electron chi connectivity index (χ2n) is 4.66. The summed E-state index contributed by atoms with van der Waals surface area (Å²) in [4.78, 5) is 4.94. The van der Waals surface area contributed by atoms with E-state index < -0.39 is 0 Å². The average Bonchev–Trinajstić information content (AvgIpc) is 2.24. The van der Waals surface area contributed by atoms with E-state index in [0.29, 0.717) is 5.92 Å². The lowest BCUT2D eigenvalue weighted by Crippen LogP contribution is -2.45. The molecule has 0 spiro atoms. The first-order chi connectivity index (χ1) is 7.17. The number of aliphatic hydroxyl groups excluding tert-OH is 1. The van der Waals surface area contributed by atoms with Gasteiger partial charge in [-0.25, -0.2) is 0 Å². The molecule has 2 atom stereocenters. The summed E-state index contributed by atoms with van der Waals surface area (Å²) in [5.74, 6) is 0.440. The molecule has 15 heavy (non-hydrogen) atoms. The number of rotatable bonds is 5. The number of likely N-dealkylation sites (N-methyl/N-ethyl adjacent to an activating group) is 1. The Kier molecular flexibility index (Phi) is 5.58. The molecule has 0 aromatic heterocycles. The van der Waals surface area contributed by atoms with Crippen LogP contribution in [-0.2, 0) is 0 Å². The van der Waals surface area contributed by atoms with E-state index >= 15 is 0 Å². The van der Waals surface area contributed by atoms with Gasteiger partial charge in [0.15, 0.2) is 0 Å². The minimum absolute atomic E-state index is 0.0743. The molecule has 1 saturated heterocycles. The van der Waals surface area contributed by atoms with E-state index in [1.165, 1.54) is 0 Å². The van der Waals surface area contributed by atoms with Crippen LogP contribution in [0.1, 0.15) is 27.2 Å². The van der Waals surface area contributed by atoms with Gasteiger partial charge in [-0.2, -0.15) is 0 Å². The Hall–Kier alpha value is -0.120. The fourth-order valence-electron chi connectivity index (χ4n) is 2.25. The van der Waals surface area contributed by atoms with Gasteiger partial charge < -0.3 is 14.9 Å². The highest BCUT2D eigenvalue weighted by Crippen LogP contribution is 2.15. The molecular formula is C12H26N2O. The molecule has 1 aliphatic rings. The molecule has 0 saturated carbocycles. The zero-order valence-electron chi connectivity index (χ0n) is 10.4. The van der Waals surface area contributed by atoms with Crippen molar-refractivity contribution in [2.45, 2.75) is 33.3 Å². The lowest BCUT2D eigenvalue weighted by atomic mass is 9.97. The number of likely N-dealkylation sites (tertiary alicyclic amines) is 1. The van der Waals surface area contributed by atoms with E-state index in [1.54, 1.807) is 0 Å². The predicted molar refractivity (Wildman–Crippen MR) is 64.0 cm³/mol. The van der Waals surface area contributed by atoms with Crippen molar-refractivity contribution in [3.05, 3.63) is 0 Å². The molecule has 0 bridgehead atoms. The summed E-state index contributed by atoms with van der Waals surface area (Å²) in [6, 6.07) is 0. The molecule has 3 nitrogen and oxygen atoms in total. The van der Waals surface area contributed by atoms with Crippen LogP contribution >= 0.6 is 0 Å². The molecule has 1 N–H and O–H groups in total. The molecule has 1 rings (SSSR count). The summed E-state index contributed by atoms with van der Waals surface area (Å²) >= 11 is 0. The number of hydrogen-bond acceptors (Lipinski definition) is 3. The summed E-state index contributed by atoms with van der Waals surface area (Å²) in [6.07, 6.45) is 0.870. The third kappa shape index (κ3) is 4.09. The standard InChI is InChI=1S/C12H26N2O/c1-4-13(5-2)8-9-14-7-6-12(15)11(3)10-14/h11-12,15H,4-10H2,1-3H3. The molecule has 0 amide bonds. The first kappa shape index (κ1) is 12.9. The third-order valence-corrected chi connectivity index (χ3v) is 3.57. The Labute approximate surface area is 94.1 Å². The highest BCUT2D eigenvalue weighted by molar-refractivity contribution is 4.77.